The van der Waals surface area contributed by atoms with Crippen molar-refractivity contribution in [3.8, 4) is 5.82 Å². The van der Waals surface area contributed by atoms with Gasteiger partial charge in [-0.2, -0.15) is 10.2 Å². The van der Waals surface area contributed by atoms with Crippen LogP contribution in [0, 0.1) is 6.92 Å². The number of amides is 1. The van der Waals surface area contributed by atoms with Crippen LogP contribution in [0.1, 0.15) is 46.1 Å². The smallest absolute Gasteiger partial charge is 0.275 e. The fourth-order valence-electron chi connectivity index (χ4n) is 4.08. The van der Waals surface area contributed by atoms with Crippen LogP contribution in [0.5, 0.6) is 0 Å². The van der Waals surface area contributed by atoms with Gasteiger partial charge in [0, 0.05) is 18.0 Å². The van der Waals surface area contributed by atoms with E-state index in [4.69, 9.17) is 0 Å². The van der Waals surface area contributed by atoms with Crippen molar-refractivity contribution in [2.45, 2.75) is 32.2 Å². The van der Waals surface area contributed by atoms with E-state index in [-0.39, 0.29) is 11.9 Å². The molecule has 1 N–H and O–H groups in total. The van der Waals surface area contributed by atoms with Crippen molar-refractivity contribution >= 4 is 11.7 Å². The SMILES string of the molecule is Cc1cnn([C@H]2CCCc3ccccc32)c1NC(=O)c1cccc(-n2cccn2)n1. The number of aromatic nitrogens is 5. The Labute approximate surface area is 174 Å². The summed E-state index contributed by atoms with van der Waals surface area (Å²) in [4.78, 5) is 17.5. The van der Waals surface area contributed by atoms with Crippen LogP contribution in [0.2, 0.25) is 0 Å². The Hall–Kier alpha value is -3.74. The molecule has 3 heterocycles. The topological polar surface area (TPSA) is 77.6 Å². The van der Waals surface area contributed by atoms with E-state index in [0.29, 0.717) is 17.3 Å². The highest BCUT2D eigenvalue weighted by molar-refractivity contribution is 6.02. The standard InChI is InChI=1S/C23H22N6O/c1-16-15-25-29(20-11-4-8-17-7-2-3-9-18(17)20)22(16)27-23(30)19-10-5-12-21(26-19)28-14-6-13-24-28/h2-3,5-7,9-10,12-15,20H,4,8,11H2,1H3,(H,27,30)/t20-/m0/s1. The van der Waals surface area contributed by atoms with Gasteiger partial charge in [0.1, 0.15) is 11.5 Å². The largest absolute Gasteiger partial charge is 0.305 e. The molecule has 0 saturated carbocycles. The van der Waals surface area contributed by atoms with Crippen molar-refractivity contribution in [2.24, 2.45) is 0 Å². The van der Waals surface area contributed by atoms with Gasteiger partial charge in [0.15, 0.2) is 5.82 Å². The average molecular weight is 398 g/mol. The van der Waals surface area contributed by atoms with E-state index in [9.17, 15) is 4.79 Å². The third-order valence-corrected chi connectivity index (χ3v) is 5.55. The molecule has 0 spiro atoms. The third kappa shape index (κ3) is 3.28. The number of nitrogens with one attached hydrogen (secondary N) is 1. The van der Waals surface area contributed by atoms with Crippen molar-refractivity contribution in [3.63, 3.8) is 0 Å². The molecule has 0 aliphatic heterocycles. The first-order valence-electron chi connectivity index (χ1n) is 10.1. The van der Waals surface area contributed by atoms with E-state index in [2.05, 4.69) is 44.8 Å². The number of carbonyl (C=O) groups is 1. The van der Waals surface area contributed by atoms with Gasteiger partial charge < -0.3 is 5.32 Å². The summed E-state index contributed by atoms with van der Waals surface area (Å²) in [5.41, 5.74) is 3.89. The van der Waals surface area contributed by atoms with Gasteiger partial charge in [0.2, 0.25) is 0 Å². The first kappa shape index (κ1) is 18.3. The minimum atomic E-state index is -0.266. The van der Waals surface area contributed by atoms with E-state index in [0.717, 1.165) is 24.8 Å². The van der Waals surface area contributed by atoms with Crippen LogP contribution in [0.3, 0.4) is 0 Å². The number of rotatable bonds is 4. The number of hydrogen-bond donors (Lipinski definition) is 1. The minimum Gasteiger partial charge on any atom is -0.305 e. The van der Waals surface area contributed by atoms with Crippen molar-refractivity contribution in [1.82, 2.24) is 24.5 Å². The monoisotopic (exact) mass is 398 g/mol. The number of fused-ring (bicyclic) bond motifs is 1. The predicted molar refractivity (Wildman–Crippen MR) is 114 cm³/mol. The Bertz CT molecular complexity index is 1190. The molecule has 1 aliphatic rings. The molecule has 0 saturated heterocycles. The summed E-state index contributed by atoms with van der Waals surface area (Å²) in [6.45, 7) is 1.96. The van der Waals surface area contributed by atoms with E-state index in [1.165, 1.54) is 11.1 Å². The Morgan fingerprint density at radius 2 is 2.00 bits per heavy atom. The predicted octanol–water partition coefficient (Wildman–Crippen LogP) is 3.95. The summed E-state index contributed by atoms with van der Waals surface area (Å²) in [7, 11) is 0. The molecule has 0 radical (unpaired) electrons. The summed E-state index contributed by atoms with van der Waals surface area (Å²) in [6, 6.07) is 15.7. The lowest BCUT2D eigenvalue weighted by atomic mass is 9.88. The van der Waals surface area contributed by atoms with E-state index >= 15 is 0 Å². The molecule has 0 unspecified atom stereocenters. The van der Waals surface area contributed by atoms with Gasteiger partial charge >= 0.3 is 0 Å². The Kier molecular flexibility index (Phi) is 4.63. The molecular weight excluding hydrogens is 376 g/mol. The number of nitrogens with zero attached hydrogens (tertiary/aromatic N) is 5. The third-order valence-electron chi connectivity index (χ3n) is 5.55. The van der Waals surface area contributed by atoms with Crippen molar-refractivity contribution in [2.75, 3.05) is 5.32 Å². The van der Waals surface area contributed by atoms with Crippen LogP contribution in [0.4, 0.5) is 5.82 Å². The zero-order chi connectivity index (χ0) is 20.5. The molecule has 7 nitrogen and oxygen atoms in total. The highest BCUT2D eigenvalue weighted by Crippen LogP contribution is 2.35. The average Bonchev–Trinajstić information content (AvgIpc) is 3.44. The lowest BCUT2D eigenvalue weighted by molar-refractivity contribution is 0.102. The number of aryl methyl sites for hydroxylation is 2. The number of carbonyl (C=O) groups excluding carboxylic acids is 1. The van der Waals surface area contributed by atoms with Gasteiger partial charge in [-0.05, 0) is 55.5 Å². The molecule has 0 fully saturated rings. The number of benzene rings is 1. The molecule has 30 heavy (non-hydrogen) atoms. The van der Waals surface area contributed by atoms with E-state index in [1.54, 1.807) is 35.4 Å². The quantitative estimate of drug-likeness (QED) is 0.565. The fourth-order valence-corrected chi connectivity index (χ4v) is 4.08. The number of anilines is 1. The van der Waals surface area contributed by atoms with E-state index < -0.39 is 0 Å². The first-order chi connectivity index (χ1) is 14.7. The Morgan fingerprint density at radius 1 is 1.10 bits per heavy atom. The van der Waals surface area contributed by atoms with Crippen LogP contribution in [-0.2, 0) is 6.42 Å². The van der Waals surface area contributed by atoms with Crippen molar-refractivity contribution in [1.29, 1.82) is 0 Å². The molecule has 4 aromatic rings. The highest BCUT2D eigenvalue weighted by atomic mass is 16.2. The minimum absolute atomic E-state index is 0.113. The zero-order valence-electron chi connectivity index (χ0n) is 16.7. The second-order valence-corrected chi connectivity index (χ2v) is 7.51. The maximum Gasteiger partial charge on any atom is 0.275 e. The summed E-state index contributed by atoms with van der Waals surface area (Å²) in [5, 5.41) is 11.8. The molecule has 1 atom stereocenters. The summed E-state index contributed by atoms with van der Waals surface area (Å²) < 4.78 is 3.58. The molecule has 5 rings (SSSR count). The lowest BCUT2D eigenvalue weighted by Gasteiger charge is -2.27. The second kappa shape index (κ2) is 7.59. The van der Waals surface area contributed by atoms with Crippen molar-refractivity contribution in [3.05, 3.63) is 89.5 Å². The van der Waals surface area contributed by atoms with Gasteiger partial charge in [-0.1, -0.05) is 30.3 Å². The maximum absolute atomic E-state index is 13.0. The van der Waals surface area contributed by atoms with Crippen LogP contribution in [0.25, 0.3) is 5.82 Å². The van der Waals surface area contributed by atoms with Gasteiger partial charge in [0.25, 0.3) is 5.91 Å². The maximum atomic E-state index is 13.0. The molecule has 1 aliphatic carbocycles. The molecule has 1 aromatic carbocycles. The van der Waals surface area contributed by atoms with Gasteiger partial charge in [-0.3, -0.25) is 4.79 Å². The highest BCUT2D eigenvalue weighted by Gasteiger charge is 2.25. The molecule has 150 valence electrons. The van der Waals surface area contributed by atoms with Crippen LogP contribution in [-0.4, -0.2) is 30.5 Å². The Balaban J connectivity index is 1.45. The first-order valence-corrected chi connectivity index (χ1v) is 10.1. The zero-order valence-corrected chi connectivity index (χ0v) is 16.7. The second-order valence-electron chi connectivity index (χ2n) is 7.51. The number of pyridine rings is 1. The molecule has 0 bridgehead atoms. The van der Waals surface area contributed by atoms with E-state index in [1.807, 2.05) is 23.7 Å². The Morgan fingerprint density at radius 3 is 2.87 bits per heavy atom. The van der Waals surface area contributed by atoms with Crippen molar-refractivity contribution < 1.29 is 4.79 Å². The lowest BCUT2D eigenvalue weighted by Crippen LogP contribution is -2.23. The van der Waals surface area contributed by atoms with Gasteiger partial charge in [0.05, 0.1) is 12.2 Å². The van der Waals surface area contributed by atoms with Crippen LogP contribution in [0.15, 0.2) is 67.1 Å². The van der Waals surface area contributed by atoms with Gasteiger partial charge in [-0.15, -0.1) is 0 Å². The molecule has 1 amide bonds. The van der Waals surface area contributed by atoms with Crippen LogP contribution < -0.4 is 5.32 Å². The summed E-state index contributed by atoms with van der Waals surface area (Å²) in [6.07, 6.45) is 8.46. The summed E-state index contributed by atoms with van der Waals surface area (Å²) >= 11 is 0. The molecule has 7 heteroatoms. The fraction of sp³-hybridized carbons (Fsp3) is 0.217. The van der Waals surface area contributed by atoms with Crippen LogP contribution >= 0.6 is 0 Å². The van der Waals surface area contributed by atoms with Gasteiger partial charge in [-0.25, -0.2) is 14.3 Å². The molecular formula is C23H22N6O. The number of hydrogen-bond acceptors (Lipinski definition) is 4. The molecule has 3 aromatic heterocycles. The summed E-state index contributed by atoms with van der Waals surface area (Å²) in [5.74, 6) is 1.05. The normalized spacial score (nSPS) is 15.6.